The first-order valence-corrected chi connectivity index (χ1v) is 7.08. The SMILES string of the molecule is O=C1CCC(CNCCc2ccc(Cl)cc2)CC1. The number of hydrogen-bond acceptors (Lipinski definition) is 2. The fraction of sp³-hybridized carbons (Fsp3) is 0.533. The van der Waals surface area contributed by atoms with Crippen molar-refractivity contribution in [2.24, 2.45) is 5.92 Å². The normalized spacial score (nSPS) is 17.1. The molecule has 0 saturated heterocycles. The van der Waals surface area contributed by atoms with Crippen molar-refractivity contribution in [2.75, 3.05) is 13.1 Å². The maximum absolute atomic E-state index is 11.1. The van der Waals surface area contributed by atoms with E-state index >= 15 is 0 Å². The average Bonchev–Trinajstić information content (AvgIpc) is 2.39. The van der Waals surface area contributed by atoms with E-state index in [4.69, 9.17) is 11.6 Å². The highest BCUT2D eigenvalue weighted by molar-refractivity contribution is 6.30. The molecule has 2 rings (SSSR count). The number of rotatable bonds is 5. The van der Waals surface area contributed by atoms with Gasteiger partial charge >= 0.3 is 0 Å². The second kappa shape index (κ2) is 6.91. The second-order valence-corrected chi connectivity index (χ2v) is 5.50. The molecule has 0 amide bonds. The Balaban J connectivity index is 1.61. The minimum absolute atomic E-state index is 0.437. The Labute approximate surface area is 114 Å². The summed E-state index contributed by atoms with van der Waals surface area (Å²) in [5.41, 5.74) is 1.31. The summed E-state index contributed by atoms with van der Waals surface area (Å²) in [7, 11) is 0. The summed E-state index contributed by atoms with van der Waals surface area (Å²) in [6, 6.07) is 8.01. The van der Waals surface area contributed by atoms with Crippen LogP contribution in [0.3, 0.4) is 0 Å². The van der Waals surface area contributed by atoms with Crippen molar-refractivity contribution in [2.45, 2.75) is 32.1 Å². The Kier molecular flexibility index (Phi) is 5.21. The van der Waals surface area contributed by atoms with Crippen molar-refractivity contribution in [1.29, 1.82) is 0 Å². The lowest BCUT2D eigenvalue weighted by Gasteiger charge is -2.21. The number of halogens is 1. The Morgan fingerprint density at radius 3 is 2.50 bits per heavy atom. The van der Waals surface area contributed by atoms with Crippen LogP contribution in [-0.4, -0.2) is 18.9 Å². The van der Waals surface area contributed by atoms with Gasteiger partial charge in [-0.1, -0.05) is 23.7 Å². The molecule has 1 aromatic carbocycles. The molecule has 2 nitrogen and oxygen atoms in total. The van der Waals surface area contributed by atoms with E-state index < -0.39 is 0 Å². The van der Waals surface area contributed by atoms with E-state index in [2.05, 4.69) is 17.4 Å². The second-order valence-electron chi connectivity index (χ2n) is 5.06. The maximum Gasteiger partial charge on any atom is 0.132 e. The number of carbonyl (C=O) groups excluding carboxylic acids is 1. The molecule has 0 spiro atoms. The largest absolute Gasteiger partial charge is 0.316 e. The third kappa shape index (κ3) is 4.43. The molecule has 0 heterocycles. The van der Waals surface area contributed by atoms with Gasteiger partial charge in [0, 0.05) is 17.9 Å². The Morgan fingerprint density at radius 2 is 1.83 bits per heavy atom. The Hall–Kier alpha value is -0.860. The van der Waals surface area contributed by atoms with Crippen LogP contribution in [0.2, 0.25) is 5.02 Å². The van der Waals surface area contributed by atoms with E-state index in [1.807, 2.05) is 12.1 Å². The molecule has 1 N–H and O–H groups in total. The monoisotopic (exact) mass is 265 g/mol. The van der Waals surface area contributed by atoms with E-state index in [1.54, 1.807) is 0 Å². The smallest absolute Gasteiger partial charge is 0.132 e. The highest BCUT2D eigenvalue weighted by Gasteiger charge is 2.17. The lowest BCUT2D eigenvalue weighted by Crippen LogP contribution is -2.28. The molecule has 1 aliphatic rings. The molecule has 1 fully saturated rings. The molecule has 0 bridgehead atoms. The summed E-state index contributed by atoms with van der Waals surface area (Å²) in [5.74, 6) is 1.13. The van der Waals surface area contributed by atoms with Gasteiger partial charge in [-0.2, -0.15) is 0 Å². The minimum Gasteiger partial charge on any atom is -0.316 e. The van der Waals surface area contributed by atoms with Gasteiger partial charge in [-0.3, -0.25) is 4.79 Å². The molecule has 18 heavy (non-hydrogen) atoms. The molecule has 98 valence electrons. The maximum atomic E-state index is 11.1. The van der Waals surface area contributed by atoms with Crippen LogP contribution in [0, 0.1) is 5.92 Å². The van der Waals surface area contributed by atoms with E-state index in [-0.39, 0.29) is 0 Å². The zero-order chi connectivity index (χ0) is 12.8. The first-order chi connectivity index (χ1) is 8.74. The van der Waals surface area contributed by atoms with Gasteiger partial charge in [0.25, 0.3) is 0 Å². The highest BCUT2D eigenvalue weighted by Crippen LogP contribution is 2.20. The number of Topliss-reactive ketones (excluding diaryl/α,β-unsaturated/α-hetero) is 1. The molecule has 0 atom stereocenters. The average molecular weight is 266 g/mol. The van der Waals surface area contributed by atoms with Gasteiger partial charge in [-0.15, -0.1) is 0 Å². The summed E-state index contributed by atoms with van der Waals surface area (Å²) < 4.78 is 0. The van der Waals surface area contributed by atoms with Crippen molar-refractivity contribution in [3.8, 4) is 0 Å². The van der Waals surface area contributed by atoms with Crippen molar-refractivity contribution < 1.29 is 4.79 Å². The van der Waals surface area contributed by atoms with E-state index in [0.717, 1.165) is 50.2 Å². The van der Waals surface area contributed by atoms with Crippen molar-refractivity contribution in [3.05, 3.63) is 34.9 Å². The van der Waals surface area contributed by atoms with Gasteiger partial charge in [0.1, 0.15) is 5.78 Å². The van der Waals surface area contributed by atoms with Gasteiger partial charge in [-0.05, 0) is 56.0 Å². The van der Waals surface area contributed by atoms with Gasteiger partial charge < -0.3 is 5.32 Å². The molecule has 3 heteroatoms. The molecular formula is C15H20ClNO. The molecule has 0 radical (unpaired) electrons. The fourth-order valence-corrected chi connectivity index (χ4v) is 2.52. The number of nitrogens with one attached hydrogen (secondary N) is 1. The molecule has 0 unspecified atom stereocenters. The third-order valence-corrected chi connectivity index (χ3v) is 3.85. The van der Waals surface area contributed by atoms with Gasteiger partial charge in [-0.25, -0.2) is 0 Å². The Bertz CT molecular complexity index is 378. The first kappa shape index (κ1) is 13.6. The molecule has 0 aliphatic heterocycles. The standard InChI is InChI=1S/C15H20ClNO/c16-14-5-1-12(2-6-14)9-10-17-11-13-3-7-15(18)8-4-13/h1-2,5-6,13,17H,3-4,7-11H2. The molecule has 1 aliphatic carbocycles. The number of ketones is 1. The van der Waals surface area contributed by atoms with Crippen LogP contribution in [0.1, 0.15) is 31.2 Å². The van der Waals surface area contributed by atoms with Crippen LogP contribution in [0.4, 0.5) is 0 Å². The lowest BCUT2D eigenvalue weighted by atomic mass is 9.88. The van der Waals surface area contributed by atoms with Gasteiger partial charge in [0.15, 0.2) is 0 Å². The Morgan fingerprint density at radius 1 is 1.17 bits per heavy atom. The quantitative estimate of drug-likeness (QED) is 0.829. The van der Waals surface area contributed by atoms with Gasteiger partial charge in [0.05, 0.1) is 0 Å². The molecule has 1 saturated carbocycles. The van der Waals surface area contributed by atoms with Crippen molar-refractivity contribution >= 4 is 17.4 Å². The van der Waals surface area contributed by atoms with Crippen molar-refractivity contribution in [1.82, 2.24) is 5.32 Å². The van der Waals surface area contributed by atoms with Crippen LogP contribution >= 0.6 is 11.6 Å². The highest BCUT2D eigenvalue weighted by atomic mass is 35.5. The first-order valence-electron chi connectivity index (χ1n) is 6.71. The zero-order valence-corrected chi connectivity index (χ0v) is 11.4. The topological polar surface area (TPSA) is 29.1 Å². The lowest BCUT2D eigenvalue weighted by molar-refractivity contribution is -0.120. The molecule has 0 aromatic heterocycles. The minimum atomic E-state index is 0.437. The van der Waals surface area contributed by atoms with Gasteiger partial charge in [0.2, 0.25) is 0 Å². The number of benzene rings is 1. The molecular weight excluding hydrogens is 246 g/mol. The zero-order valence-electron chi connectivity index (χ0n) is 10.6. The summed E-state index contributed by atoms with van der Waals surface area (Å²) >= 11 is 5.84. The van der Waals surface area contributed by atoms with Crippen LogP contribution in [0.25, 0.3) is 0 Å². The van der Waals surface area contributed by atoms with Crippen LogP contribution in [0.15, 0.2) is 24.3 Å². The fourth-order valence-electron chi connectivity index (χ4n) is 2.39. The van der Waals surface area contributed by atoms with Crippen molar-refractivity contribution in [3.63, 3.8) is 0 Å². The number of hydrogen-bond donors (Lipinski definition) is 1. The van der Waals surface area contributed by atoms with E-state index in [9.17, 15) is 4.79 Å². The van der Waals surface area contributed by atoms with E-state index in [0.29, 0.717) is 11.7 Å². The number of carbonyl (C=O) groups is 1. The summed E-state index contributed by atoms with van der Waals surface area (Å²) in [6.07, 6.45) is 4.72. The third-order valence-electron chi connectivity index (χ3n) is 3.60. The van der Waals surface area contributed by atoms with Crippen LogP contribution in [-0.2, 0) is 11.2 Å². The van der Waals surface area contributed by atoms with Crippen LogP contribution < -0.4 is 5.32 Å². The van der Waals surface area contributed by atoms with E-state index in [1.165, 1.54) is 5.56 Å². The summed E-state index contributed by atoms with van der Waals surface area (Å²) in [4.78, 5) is 11.1. The van der Waals surface area contributed by atoms with Crippen LogP contribution in [0.5, 0.6) is 0 Å². The predicted molar refractivity (Wildman–Crippen MR) is 75.0 cm³/mol. The summed E-state index contributed by atoms with van der Waals surface area (Å²) in [5, 5.41) is 4.28. The summed E-state index contributed by atoms with van der Waals surface area (Å²) in [6.45, 7) is 2.03. The molecule has 1 aromatic rings. The predicted octanol–water partition coefficient (Wildman–Crippen LogP) is 3.23.